The number of amides is 1. The van der Waals surface area contributed by atoms with Crippen molar-refractivity contribution in [3.05, 3.63) is 0 Å². The van der Waals surface area contributed by atoms with Gasteiger partial charge >= 0.3 is 0 Å². The molecule has 1 unspecified atom stereocenters. The first-order valence-electron chi connectivity index (χ1n) is 5.66. The Morgan fingerprint density at radius 2 is 1.79 bits per heavy atom. The highest BCUT2D eigenvalue weighted by Gasteiger charge is 2.14. The molecular weight excluding hydrogens is 176 g/mol. The molecule has 2 N–H and O–H groups in total. The highest BCUT2D eigenvalue weighted by atomic mass is 16.1. The standard InChI is InChI=1S/C11H24N2O/c1-5-10(6-2)13-11(14)9(4)8-12-7-3/h9-10,12H,5-8H2,1-4H3,(H,13,14). The first-order valence-corrected chi connectivity index (χ1v) is 5.66. The first-order chi connectivity index (χ1) is 6.65. The lowest BCUT2D eigenvalue weighted by Gasteiger charge is -2.18. The lowest BCUT2D eigenvalue weighted by Crippen LogP contribution is -2.40. The van der Waals surface area contributed by atoms with Crippen LogP contribution >= 0.6 is 0 Å². The van der Waals surface area contributed by atoms with Gasteiger partial charge in [0.25, 0.3) is 0 Å². The second-order valence-corrected chi connectivity index (χ2v) is 3.73. The quantitative estimate of drug-likeness (QED) is 0.654. The lowest BCUT2D eigenvalue weighted by molar-refractivity contribution is -0.125. The third-order valence-electron chi connectivity index (χ3n) is 2.48. The lowest BCUT2D eigenvalue weighted by atomic mass is 10.1. The Morgan fingerprint density at radius 3 is 2.21 bits per heavy atom. The number of nitrogens with one attached hydrogen (secondary N) is 2. The van der Waals surface area contributed by atoms with Crippen LogP contribution < -0.4 is 10.6 Å². The van der Waals surface area contributed by atoms with E-state index in [2.05, 4.69) is 24.5 Å². The third-order valence-corrected chi connectivity index (χ3v) is 2.48. The Balaban J connectivity index is 3.81. The molecule has 0 aliphatic heterocycles. The van der Waals surface area contributed by atoms with Crippen LogP contribution in [0.25, 0.3) is 0 Å². The van der Waals surface area contributed by atoms with Gasteiger partial charge < -0.3 is 10.6 Å². The Labute approximate surface area is 87.6 Å². The number of carbonyl (C=O) groups is 1. The van der Waals surface area contributed by atoms with Gasteiger partial charge in [0.05, 0.1) is 0 Å². The molecule has 84 valence electrons. The van der Waals surface area contributed by atoms with Gasteiger partial charge in [-0.3, -0.25) is 4.79 Å². The van der Waals surface area contributed by atoms with Crippen molar-refractivity contribution in [3.63, 3.8) is 0 Å². The fourth-order valence-electron chi connectivity index (χ4n) is 1.29. The second-order valence-electron chi connectivity index (χ2n) is 3.73. The smallest absolute Gasteiger partial charge is 0.224 e. The molecule has 1 amide bonds. The molecule has 0 aromatic rings. The molecule has 0 aliphatic carbocycles. The zero-order chi connectivity index (χ0) is 11.0. The van der Waals surface area contributed by atoms with Gasteiger partial charge in [-0.1, -0.05) is 27.7 Å². The van der Waals surface area contributed by atoms with Gasteiger partial charge in [0, 0.05) is 18.5 Å². The average Bonchev–Trinajstić information content (AvgIpc) is 2.21. The van der Waals surface area contributed by atoms with Crippen molar-refractivity contribution in [2.75, 3.05) is 13.1 Å². The van der Waals surface area contributed by atoms with Crippen molar-refractivity contribution < 1.29 is 4.79 Å². The van der Waals surface area contributed by atoms with E-state index < -0.39 is 0 Å². The summed E-state index contributed by atoms with van der Waals surface area (Å²) in [6, 6.07) is 0.339. The highest BCUT2D eigenvalue weighted by molar-refractivity contribution is 5.78. The molecule has 3 nitrogen and oxygen atoms in total. The number of hydrogen-bond donors (Lipinski definition) is 2. The summed E-state index contributed by atoms with van der Waals surface area (Å²) in [5, 5.41) is 6.22. The summed E-state index contributed by atoms with van der Waals surface area (Å²) < 4.78 is 0. The molecule has 0 aliphatic rings. The van der Waals surface area contributed by atoms with Gasteiger partial charge in [-0.05, 0) is 19.4 Å². The number of hydrogen-bond acceptors (Lipinski definition) is 2. The minimum Gasteiger partial charge on any atom is -0.353 e. The zero-order valence-electron chi connectivity index (χ0n) is 9.89. The Hall–Kier alpha value is -0.570. The van der Waals surface area contributed by atoms with Crippen LogP contribution in [0.15, 0.2) is 0 Å². The molecule has 0 aromatic heterocycles. The van der Waals surface area contributed by atoms with Gasteiger partial charge in [-0.2, -0.15) is 0 Å². The summed E-state index contributed by atoms with van der Waals surface area (Å²) in [6.07, 6.45) is 2.02. The Bertz CT molecular complexity index is 155. The molecule has 0 heterocycles. The molecule has 1 atom stereocenters. The van der Waals surface area contributed by atoms with Crippen molar-refractivity contribution in [2.45, 2.75) is 46.6 Å². The van der Waals surface area contributed by atoms with Crippen LogP contribution in [0.4, 0.5) is 0 Å². The van der Waals surface area contributed by atoms with E-state index >= 15 is 0 Å². The molecule has 14 heavy (non-hydrogen) atoms. The van der Waals surface area contributed by atoms with Crippen LogP contribution in [-0.2, 0) is 4.79 Å². The molecule has 0 bridgehead atoms. The molecule has 0 spiro atoms. The maximum absolute atomic E-state index is 11.6. The summed E-state index contributed by atoms with van der Waals surface area (Å²) >= 11 is 0. The monoisotopic (exact) mass is 200 g/mol. The maximum Gasteiger partial charge on any atom is 0.224 e. The van der Waals surface area contributed by atoms with E-state index in [1.807, 2.05) is 13.8 Å². The van der Waals surface area contributed by atoms with Gasteiger partial charge in [0.1, 0.15) is 0 Å². The molecule has 0 radical (unpaired) electrons. The van der Waals surface area contributed by atoms with Gasteiger partial charge in [-0.15, -0.1) is 0 Å². The van der Waals surface area contributed by atoms with Crippen LogP contribution in [0.2, 0.25) is 0 Å². The van der Waals surface area contributed by atoms with Crippen molar-refractivity contribution >= 4 is 5.91 Å². The second kappa shape index (κ2) is 7.80. The highest BCUT2D eigenvalue weighted by Crippen LogP contribution is 1.99. The van der Waals surface area contributed by atoms with Crippen molar-refractivity contribution in [2.24, 2.45) is 5.92 Å². The molecule has 0 saturated heterocycles. The minimum absolute atomic E-state index is 0.0653. The number of carbonyl (C=O) groups excluding carboxylic acids is 1. The number of rotatable bonds is 7. The topological polar surface area (TPSA) is 41.1 Å². The van der Waals surface area contributed by atoms with Crippen molar-refractivity contribution in [1.29, 1.82) is 0 Å². The molecular formula is C11H24N2O. The SMILES string of the molecule is CCNCC(C)C(=O)NC(CC)CC. The third kappa shape index (κ3) is 5.22. The summed E-state index contributed by atoms with van der Waals surface area (Å²) in [7, 11) is 0. The summed E-state index contributed by atoms with van der Waals surface area (Å²) in [6.45, 7) is 9.89. The summed E-state index contributed by atoms with van der Waals surface area (Å²) in [5.74, 6) is 0.232. The summed E-state index contributed by atoms with van der Waals surface area (Å²) in [4.78, 5) is 11.6. The van der Waals surface area contributed by atoms with Crippen molar-refractivity contribution in [1.82, 2.24) is 10.6 Å². The van der Waals surface area contributed by atoms with E-state index in [4.69, 9.17) is 0 Å². The average molecular weight is 200 g/mol. The van der Waals surface area contributed by atoms with E-state index in [1.54, 1.807) is 0 Å². The van der Waals surface area contributed by atoms with E-state index in [0.717, 1.165) is 25.9 Å². The maximum atomic E-state index is 11.6. The minimum atomic E-state index is 0.0653. The predicted molar refractivity (Wildman–Crippen MR) is 60.2 cm³/mol. The Kier molecular flexibility index (Phi) is 7.48. The fraction of sp³-hybridized carbons (Fsp3) is 0.909. The van der Waals surface area contributed by atoms with E-state index in [1.165, 1.54) is 0 Å². The van der Waals surface area contributed by atoms with E-state index in [-0.39, 0.29) is 11.8 Å². The van der Waals surface area contributed by atoms with Gasteiger partial charge in [0.15, 0.2) is 0 Å². The fourth-order valence-corrected chi connectivity index (χ4v) is 1.29. The largest absolute Gasteiger partial charge is 0.353 e. The van der Waals surface area contributed by atoms with Crippen LogP contribution in [0.3, 0.4) is 0 Å². The normalized spacial score (nSPS) is 12.9. The van der Waals surface area contributed by atoms with Crippen LogP contribution in [-0.4, -0.2) is 25.0 Å². The van der Waals surface area contributed by atoms with Gasteiger partial charge in [0.2, 0.25) is 5.91 Å². The van der Waals surface area contributed by atoms with E-state index in [9.17, 15) is 4.79 Å². The molecule has 3 heteroatoms. The molecule has 0 rings (SSSR count). The zero-order valence-corrected chi connectivity index (χ0v) is 9.89. The molecule has 0 aromatic carbocycles. The van der Waals surface area contributed by atoms with Crippen molar-refractivity contribution in [3.8, 4) is 0 Å². The van der Waals surface area contributed by atoms with Crippen LogP contribution in [0, 0.1) is 5.92 Å². The molecule has 0 saturated carbocycles. The van der Waals surface area contributed by atoms with Gasteiger partial charge in [-0.25, -0.2) is 0 Å². The van der Waals surface area contributed by atoms with Crippen LogP contribution in [0.5, 0.6) is 0 Å². The predicted octanol–water partition coefficient (Wildman–Crippen LogP) is 1.54. The van der Waals surface area contributed by atoms with E-state index in [0.29, 0.717) is 6.04 Å². The molecule has 0 fully saturated rings. The summed E-state index contributed by atoms with van der Waals surface area (Å²) in [5.41, 5.74) is 0. The first kappa shape index (κ1) is 13.4. The Morgan fingerprint density at radius 1 is 1.21 bits per heavy atom. The van der Waals surface area contributed by atoms with Crippen LogP contribution in [0.1, 0.15) is 40.5 Å².